The normalized spacial score (nSPS) is 21.8. The summed E-state index contributed by atoms with van der Waals surface area (Å²) in [6.45, 7) is 15.4. The van der Waals surface area contributed by atoms with E-state index < -0.39 is 49.5 Å². The van der Waals surface area contributed by atoms with Crippen LogP contribution in [0.4, 0.5) is 19.2 Å². The van der Waals surface area contributed by atoms with Gasteiger partial charge >= 0.3 is 36.3 Å². The number of amides is 6. The van der Waals surface area contributed by atoms with Crippen molar-refractivity contribution in [2.24, 2.45) is 21.7 Å². The first-order valence-electron chi connectivity index (χ1n) is 23.6. The number of carboxylic acid groups (broad SMARTS) is 2. The molecule has 66 heavy (non-hydrogen) atoms. The highest BCUT2D eigenvalue weighted by Gasteiger charge is 2.43. The molecule has 0 aromatic heterocycles. The number of ether oxygens (including phenoxy) is 4. The largest absolute Gasteiger partial charge is 0.479 e. The molecule has 0 bridgehead atoms. The maximum atomic E-state index is 13.1. The van der Waals surface area contributed by atoms with Crippen molar-refractivity contribution in [3.05, 3.63) is 0 Å². The molecule has 6 amide bonds. The highest BCUT2D eigenvalue weighted by molar-refractivity contribution is 5.77. The van der Waals surface area contributed by atoms with Crippen LogP contribution in [0.2, 0.25) is 0 Å². The number of hydrogen-bond donors (Lipinski definition) is 7. The summed E-state index contributed by atoms with van der Waals surface area (Å²) in [5.74, 6) is -2.57. The number of unbranched alkanes of at least 4 members (excludes halogenated alkanes) is 5. The van der Waals surface area contributed by atoms with Crippen molar-refractivity contribution in [1.82, 2.24) is 31.5 Å². The first-order valence-corrected chi connectivity index (χ1v) is 23.6. The molecule has 2 saturated carbocycles. The highest BCUT2D eigenvalue weighted by atomic mass is 16.6. The molecule has 0 spiro atoms. The standard InChI is InChI=1S/C46H80N6O14/c1-8-9-19-52(36(54)17-13-11-15-22-64-40(60)49-32-46(7)26-34(24-44(4,5)30-46)51-42(62)66-28-38(57)58)20-18-47-35(53)16-12-10-14-21-63-39(59)48-31-45(6)25-33(23-43(2,3)29-45)50-41(61)65-27-37(55)56/h33-34H,8-32H2,1-7H3,(H,47,53)(H,48,59)(H,49,60)(H,50,61)(H,51,62)(H,55,56)(H,57,58). The van der Waals surface area contributed by atoms with Gasteiger partial charge in [-0.05, 0) is 105 Å². The highest BCUT2D eigenvalue weighted by Crippen LogP contribution is 2.47. The summed E-state index contributed by atoms with van der Waals surface area (Å²) >= 11 is 0. The van der Waals surface area contributed by atoms with Gasteiger partial charge in [0.05, 0.1) is 13.2 Å². The molecule has 20 nitrogen and oxygen atoms in total. The Morgan fingerprint density at radius 2 is 1.00 bits per heavy atom. The molecule has 0 aromatic rings. The molecule has 7 N–H and O–H groups in total. The molecular formula is C46H80N6O14. The van der Waals surface area contributed by atoms with Gasteiger partial charge in [-0.25, -0.2) is 28.8 Å². The molecule has 20 heteroatoms. The van der Waals surface area contributed by atoms with Crippen molar-refractivity contribution < 1.29 is 67.5 Å². The van der Waals surface area contributed by atoms with Gasteiger partial charge in [-0.2, -0.15) is 0 Å². The molecule has 0 heterocycles. The fourth-order valence-electron chi connectivity index (χ4n) is 9.82. The zero-order valence-electron chi connectivity index (χ0n) is 40.6. The predicted octanol–water partition coefficient (Wildman–Crippen LogP) is 6.10. The van der Waals surface area contributed by atoms with E-state index in [1.54, 1.807) is 4.90 Å². The summed E-state index contributed by atoms with van der Waals surface area (Å²) in [6, 6.07) is -0.487. The summed E-state index contributed by atoms with van der Waals surface area (Å²) < 4.78 is 20.2. The van der Waals surface area contributed by atoms with Gasteiger partial charge in [-0.3, -0.25) is 9.59 Å². The lowest BCUT2D eigenvalue weighted by Gasteiger charge is -2.46. The van der Waals surface area contributed by atoms with Crippen LogP contribution >= 0.6 is 0 Å². The molecule has 4 atom stereocenters. The third kappa shape index (κ3) is 25.0. The number of nitrogens with one attached hydrogen (secondary N) is 5. The molecule has 2 fully saturated rings. The van der Waals surface area contributed by atoms with Crippen molar-refractivity contribution in [2.45, 2.75) is 163 Å². The van der Waals surface area contributed by atoms with Crippen LogP contribution in [0.3, 0.4) is 0 Å². The first-order chi connectivity index (χ1) is 30.9. The summed E-state index contributed by atoms with van der Waals surface area (Å²) in [7, 11) is 0. The van der Waals surface area contributed by atoms with E-state index in [1.165, 1.54) is 0 Å². The van der Waals surface area contributed by atoms with Gasteiger partial charge in [0.25, 0.3) is 0 Å². The number of nitrogens with zero attached hydrogens (tertiary/aromatic N) is 1. The number of rotatable bonds is 28. The average molecular weight is 941 g/mol. The summed E-state index contributed by atoms with van der Waals surface area (Å²) in [4.78, 5) is 98.0. The monoisotopic (exact) mass is 941 g/mol. The van der Waals surface area contributed by atoms with Crippen LogP contribution in [-0.2, 0) is 38.1 Å². The molecule has 0 aliphatic heterocycles. The number of aliphatic carboxylic acids is 2. The Labute approximate surface area is 390 Å². The fraction of sp³-hybridized carbons (Fsp3) is 0.826. The minimum Gasteiger partial charge on any atom is -0.479 e. The Balaban J connectivity index is 1.59. The molecule has 378 valence electrons. The van der Waals surface area contributed by atoms with Gasteiger partial charge in [0.2, 0.25) is 11.8 Å². The lowest BCUT2D eigenvalue weighted by Crippen LogP contribution is -2.50. The second kappa shape index (κ2) is 28.2. The van der Waals surface area contributed by atoms with Crippen molar-refractivity contribution in [2.75, 3.05) is 59.2 Å². The van der Waals surface area contributed by atoms with Crippen molar-refractivity contribution in [3.63, 3.8) is 0 Å². The molecule has 2 aliphatic carbocycles. The Morgan fingerprint density at radius 1 is 0.545 bits per heavy atom. The quantitative estimate of drug-likeness (QED) is 0.0345. The second-order valence-electron chi connectivity index (χ2n) is 20.4. The number of carboxylic acids is 2. The summed E-state index contributed by atoms with van der Waals surface area (Å²) in [5.41, 5.74) is -0.952. The zero-order valence-corrected chi connectivity index (χ0v) is 40.6. The Kier molecular flexibility index (Phi) is 24.4. The lowest BCUT2D eigenvalue weighted by molar-refractivity contribution is -0.141. The SMILES string of the molecule is CCCCN(CCNC(=O)CCCCCOC(=O)NCC1(C)CC(NC(=O)OCC(=O)O)CC(C)(C)C1)C(=O)CCCCCOC(=O)NCC1(C)CC(NC(=O)OCC(=O)O)CC(C)(C)C1. The Bertz CT molecular complexity index is 1610. The minimum absolute atomic E-state index is 0.0152. The maximum Gasteiger partial charge on any atom is 0.407 e. The topological polar surface area (TPSA) is 277 Å². The molecule has 4 unspecified atom stereocenters. The van der Waals surface area contributed by atoms with Gasteiger partial charge in [0, 0.05) is 57.6 Å². The molecule has 0 saturated heterocycles. The second-order valence-corrected chi connectivity index (χ2v) is 20.4. The number of carbonyl (C=O) groups excluding carboxylic acids is 6. The van der Waals surface area contributed by atoms with Crippen molar-refractivity contribution in [3.8, 4) is 0 Å². The van der Waals surface area contributed by atoms with Gasteiger partial charge in [-0.1, -0.05) is 54.9 Å². The van der Waals surface area contributed by atoms with Gasteiger partial charge < -0.3 is 60.6 Å². The minimum atomic E-state index is -1.24. The molecule has 0 radical (unpaired) electrons. The van der Waals surface area contributed by atoms with Crippen LogP contribution in [0, 0.1) is 21.7 Å². The van der Waals surface area contributed by atoms with E-state index in [0.29, 0.717) is 110 Å². The molecule has 0 aromatic carbocycles. The van der Waals surface area contributed by atoms with E-state index in [-0.39, 0.29) is 58.8 Å². The van der Waals surface area contributed by atoms with E-state index >= 15 is 0 Å². The van der Waals surface area contributed by atoms with E-state index in [4.69, 9.17) is 29.2 Å². The van der Waals surface area contributed by atoms with Crippen LogP contribution in [0.5, 0.6) is 0 Å². The zero-order chi connectivity index (χ0) is 49.4. The summed E-state index contributed by atoms with van der Waals surface area (Å²) in [5, 5.41) is 31.6. The summed E-state index contributed by atoms with van der Waals surface area (Å²) in [6.07, 6.45) is 7.72. The van der Waals surface area contributed by atoms with Crippen LogP contribution in [-0.4, -0.2) is 134 Å². The van der Waals surface area contributed by atoms with Gasteiger partial charge in [-0.15, -0.1) is 0 Å². The predicted molar refractivity (Wildman–Crippen MR) is 243 cm³/mol. The van der Waals surface area contributed by atoms with Crippen LogP contribution in [0.15, 0.2) is 0 Å². The maximum absolute atomic E-state index is 13.1. The Morgan fingerprint density at radius 3 is 1.44 bits per heavy atom. The Hall–Kier alpha value is -5.04. The van der Waals surface area contributed by atoms with Crippen molar-refractivity contribution >= 4 is 48.1 Å². The fourth-order valence-corrected chi connectivity index (χ4v) is 9.82. The third-order valence-corrected chi connectivity index (χ3v) is 11.9. The van der Waals surface area contributed by atoms with E-state index in [0.717, 1.165) is 25.7 Å². The molecule has 2 aliphatic rings. The third-order valence-electron chi connectivity index (χ3n) is 11.9. The van der Waals surface area contributed by atoms with Crippen molar-refractivity contribution in [1.29, 1.82) is 0 Å². The molecular weight excluding hydrogens is 861 g/mol. The van der Waals surface area contributed by atoms with Gasteiger partial charge in [0.1, 0.15) is 0 Å². The van der Waals surface area contributed by atoms with Crippen LogP contribution in [0.25, 0.3) is 0 Å². The van der Waals surface area contributed by atoms with E-state index in [1.807, 2.05) is 13.8 Å². The van der Waals surface area contributed by atoms with Gasteiger partial charge in [0.15, 0.2) is 13.2 Å². The van der Waals surface area contributed by atoms with Crippen LogP contribution < -0.4 is 26.6 Å². The average Bonchev–Trinajstić information content (AvgIpc) is 3.20. The van der Waals surface area contributed by atoms with E-state index in [9.17, 15) is 38.4 Å². The molecule has 2 rings (SSSR count). The number of hydrogen-bond acceptors (Lipinski definition) is 12. The van der Waals surface area contributed by atoms with E-state index in [2.05, 4.69) is 61.2 Å². The smallest absolute Gasteiger partial charge is 0.407 e. The number of alkyl carbamates (subject to hydrolysis) is 4. The lowest BCUT2D eigenvalue weighted by atomic mass is 9.62. The van der Waals surface area contributed by atoms with Crippen LogP contribution in [0.1, 0.15) is 151 Å². The number of carbonyl (C=O) groups is 8. The first kappa shape index (κ1) is 57.1.